The Hall–Kier alpha value is -3.44. The number of nitrogens with two attached hydrogens (primary N) is 2. The summed E-state index contributed by atoms with van der Waals surface area (Å²) in [6.07, 6.45) is 2.79. The summed E-state index contributed by atoms with van der Waals surface area (Å²) in [6, 6.07) is -3.40. The molecule has 0 bridgehead atoms. The SMILES string of the molecule is NC(CS(=O)(=O)O)C(=O)NC1CCN(c2nc(N3CCC(NC(=O)C(N)CS(=O)(=O)O)CC3)nc(N3CCC(C(=O)O)CC3)n2)CC1. The standard InChI is InChI=1S/C25H42N10O10S2/c26-18(13-46(40,41)42)20(36)28-16-3-9-34(10-4-16)24-30-23(33-7-1-15(2-8-33)22(38)39)31-25(32-24)35-11-5-17(6-12-35)29-21(37)19(27)14-47(43,44)45/h15-19H,1-14,26-27H2,(H,28,36)(H,29,37)(H,38,39)(H,40,41,42)(H,43,44,45). The van der Waals surface area contributed by atoms with Gasteiger partial charge < -0.3 is 41.9 Å². The topological polar surface area (TPSA) is 305 Å². The van der Waals surface area contributed by atoms with Crippen LogP contribution in [-0.2, 0) is 34.6 Å². The number of aromatic nitrogens is 3. The average molecular weight is 707 g/mol. The molecule has 47 heavy (non-hydrogen) atoms. The fraction of sp³-hybridized carbons (Fsp3) is 0.760. The Labute approximate surface area is 272 Å². The highest BCUT2D eigenvalue weighted by molar-refractivity contribution is 7.86. The van der Waals surface area contributed by atoms with Gasteiger partial charge in [-0.2, -0.15) is 31.8 Å². The summed E-state index contributed by atoms with van der Waals surface area (Å²) in [5.74, 6) is -3.25. The number of nitrogens with one attached hydrogen (secondary N) is 2. The van der Waals surface area contributed by atoms with Crippen molar-refractivity contribution in [1.29, 1.82) is 0 Å². The van der Waals surface area contributed by atoms with Gasteiger partial charge in [0.1, 0.15) is 12.1 Å². The number of nitrogens with zero attached hydrogens (tertiary/aromatic N) is 6. The van der Waals surface area contributed by atoms with Gasteiger partial charge in [-0.1, -0.05) is 0 Å². The maximum absolute atomic E-state index is 12.3. The number of aliphatic carboxylic acids is 1. The Morgan fingerprint density at radius 1 is 0.660 bits per heavy atom. The first kappa shape index (κ1) is 36.4. The summed E-state index contributed by atoms with van der Waals surface area (Å²) in [5.41, 5.74) is 11.2. The molecule has 0 aromatic carbocycles. The first-order chi connectivity index (χ1) is 22.0. The number of hydrogen-bond donors (Lipinski definition) is 7. The van der Waals surface area contributed by atoms with Gasteiger partial charge in [-0.15, -0.1) is 0 Å². The van der Waals surface area contributed by atoms with Gasteiger partial charge in [0.05, 0.1) is 17.4 Å². The van der Waals surface area contributed by atoms with E-state index in [4.69, 9.17) is 35.5 Å². The van der Waals surface area contributed by atoms with Crippen molar-refractivity contribution < 1.29 is 45.4 Å². The minimum atomic E-state index is -4.41. The van der Waals surface area contributed by atoms with Gasteiger partial charge in [-0.25, -0.2) is 0 Å². The molecule has 0 spiro atoms. The highest BCUT2D eigenvalue weighted by Crippen LogP contribution is 2.27. The van der Waals surface area contributed by atoms with Gasteiger partial charge in [0.15, 0.2) is 0 Å². The third kappa shape index (κ3) is 10.8. The highest BCUT2D eigenvalue weighted by Gasteiger charge is 2.31. The number of piperidine rings is 3. The smallest absolute Gasteiger partial charge is 0.306 e. The molecule has 3 fully saturated rings. The van der Waals surface area contributed by atoms with Crippen LogP contribution in [0.15, 0.2) is 0 Å². The quantitative estimate of drug-likeness (QED) is 0.105. The van der Waals surface area contributed by atoms with E-state index in [9.17, 15) is 36.3 Å². The van der Waals surface area contributed by atoms with E-state index in [0.29, 0.717) is 95.6 Å². The van der Waals surface area contributed by atoms with E-state index >= 15 is 0 Å². The first-order valence-electron chi connectivity index (χ1n) is 15.2. The number of carbonyl (C=O) groups excluding carboxylic acids is 2. The van der Waals surface area contributed by atoms with Crippen molar-refractivity contribution in [3.05, 3.63) is 0 Å². The van der Waals surface area contributed by atoms with E-state index in [-0.39, 0.29) is 12.1 Å². The van der Waals surface area contributed by atoms with E-state index in [0.717, 1.165) is 0 Å². The molecule has 1 aromatic heterocycles. The van der Waals surface area contributed by atoms with E-state index in [1.165, 1.54) is 0 Å². The van der Waals surface area contributed by atoms with Crippen LogP contribution in [0.3, 0.4) is 0 Å². The molecule has 264 valence electrons. The van der Waals surface area contributed by atoms with Crippen molar-refractivity contribution in [2.24, 2.45) is 17.4 Å². The van der Waals surface area contributed by atoms with Gasteiger partial charge in [-0.05, 0) is 38.5 Å². The molecule has 0 radical (unpaired) electrons. The van der Waals surface area contributed by atoms with Crippen molar-refractivity contribution >= 4 is 55.9 Å². The third-order valence-corrected chi connectivity index (χ3v) is 9.99. The summed E-state index contributed by atoms with van der Waals surface area (Å²) in [7, 11) is -8.82. The van der Waals surface area contributed by atoms with E-state index < -0.39 is 67.5 Å². The minimum absolute atomic E-state index is 0.290. The number of carbonyl (C=O) groups is 3. The molecule has 3 saturated heterocycles. The maximum atomic E-state index is 12.3. The van der Waals surface area contributed by atoms with Crippen molar-refractivity contribution in [3.8, 4) is 0 Å². The summed E-state index contributed by atoms with van der Waals surface area (Å²) < 4.78 is 62.3. The molecule has 4 heterocycles. The summed E-state index contributed by atoms with van der Waals surface area (Å²) >= 11 is 0. The average Bonchev–Trinajstić information content (AvgIpc) is 3.00. The van der Waals surface area contributed by atoms with Gasteiger partial charge in [-0.3, -0.25) is 23.5 Å². The number of carboxylic acid groups (broad SMARTS) is 1. The zero-order chi connectivity index (χ0) is 34.5. The Bertz CT molecular complexity index is 1420. The predicted octanol–water partition coefficient (Wildman–Crippen LogP) is -3.23. The lowest BCUT2D eigenvalue weighted by Crippen LogP contribution is -2.52. The lowest BCUT2D eigenvalue weighted by Gasteiger charge is -2.36. The van der Waals surface area contributed by atoms with Crippen LogP contribution in [0.5, 0.6) is 0 Å². The van der Waals surface area contributed by atoms with Crippen LogP contribution in [0.2, 0.25) is 0 Å². The molecule has 3 aliphatic heterocycles. The van der Waals surface area contributed by atoms with Gasteiger partial charge in [0, 0.05) is 51.4 Å². The van der Waals surface area contributed by atoms with Crippen LogP contribution in [0.1, 0.15) is 38.5 Å². The van der Waals surface area contributed by atoms with E-state index in [2.05, 4.69) is 10.6 Å². The number of rotatable bonds is 12. The predicted molar refractivity (Wildman–Crippen MR) is 168 cm³/mol. The minimum Gasteiger partial charge on any atom is -0.481 e. The molecule has 4 rings (SSSR count). The van der Waals surface area contributed by atoms with Gasteiger partial charge in [0.2, 0.25) is 29.7 Å². The Morgan fingerprint density at radius 2 is 0.957 bits per heavy atom. The van der Waals surface area contributed by atoms with Crippen molar-refractivity contribution in [1.82, 2.24) is 25.6 Å². The van der Waals surface area contributed by atoms with Crippen LogP contribution in [0.4, 0.5) is 17.8 Å². The molecule has 22 heteroatoms. The van der Waals surface area contributed by atoms with Crippen molar-refractivity contribution in [3.63, 3.8) is 0 Å². The number of hydrogen-bond acceptors (Lipinski definition) is 15. The van der Waals surface area contributed by atoms with E-state index in [1.807, 2.05) is 14.7 Å². The fourth-order valence-electron chi connectivity index (χ4n) is 5.76. The van der Waals surface area contributed by atoms with Crippen LogP contribution >= 0.6 is 0 Å². The maximum Gasteiger partial charge on any atom is 0.306 e. The van der Waals surface area contributed by atoms with Crippen LogP contribution < -0.4 is 36.8 Å². The third-order valence-electron chi connectivity index (χ3n) is 8.43. The largest absolute Gasteiger partial charge is 0.481 e. The first-order valence-corrected chi connectivity index (χ1v) is 18.4. The number of carboxylic acids is 1. The lowest BCUT2D eigenvalue weighted by molar-refractivity contribution is -0.142. The molecule has 3 aliphatic rings. The second kappa shape index (κ2) is 15.2. The molecule has 9 N–H and O–H groups in total. The Balaban J connectivity index is 1.43. The fourth-order valence-corrected chi connectivity index (χ4v) is 6.97. The summed E-state index contributed by atoms with van der Waals surface area (Å²) in [6.45, 7) is 2.66. The second-order valence-corrected chi connectivity index (χ2v) is 15.1. The second-order valence-electron chi connectivity index (χ2n) is 12.1. The van der Waals surface area contributed by atoms with Gasteiger partial charge >= 0.3 is 5.97 Å². The summed E-state index contributed by atoms with van der Waals surface area (Å²) in [5, 5.41) is 14.9. The number of anilines is 3. The molecule has 20 nitrogen and oxygen atoms in total. The zero-order valence-electron chi connectivity index (χ0n) is 25.6. The molecule has 2 unspecified atom stereocenters. The van der Waals surface area contributed by atoms with E-state index in [1.54, 1.807) is 0 Å². The molecular weight excluding hydrogens is 664 g/mol. The van der Waals surface area contributed by atoms with Crippen LogP contribution in [0, 0.1) is 5.92 Å². The molecule has 0 saturated carbocycles. The van der Waals surface area contributed by atoms with Gasteiger partial charge in [0.25, 0.3) is 20.2 Å². The van der Waals surface area contributed by atoms with Crippen molar-refractivity contribution in [2.45, 2.75) is 62.7 Å². The molecular formula is C25H42N10O10S2. The highest BCUT2D eigenvalue weighted by atomic mass is 32.2. The lowest BCUT2D eigenvalue weighted by atomic mass is 9.97. The monoisotopic (exact) mass is 706 g/mol. The summed E-state index contributed by atoms with van der Waals surface area (Å²) in [4.78, 5) is 56.1. The molecule has 2 amide bonds. The number of amides is 2. The van der Waals surface area contributed by atoms with Crippen LogP contribution in [-0.4, -0.2) is 139 Å². The molecule has 1 aromatic rings. The zero-order valence-corrected chi connectivity index (χ0v) is 27.3. The van der Waals surface area contributed by atoms with Crippen LogP contribution in [0.25, 0.3) is 0 Å². The van der Waals surface area contributed by atoms with Crippen molar-refractivity contribution in [2.75, 3.05) is 65.5 Å². The normalized spacial score (nSPS) is 20.5. The molecule has 2 atom stereocenters. The Kier molecular flexibility index (Phi) is 11.8. The molecule has 0 aliphatic carbocycles. The Morgan fingerprint density at radius 3 is 1.23 bits per heavy atom.